The minimum absolute atomic E-state index is 0.0427. The van der Waals surface area contributed by atoms with Crippen molar-refractivity contribution in [3.63, 3.8) is 0 Å². The van der Waals surface area contributed by atoms with Crippen molar-refractivity contribution in [2.45, 2.75) is 37.3 Å². The predicted octanol–water partition coefficient (Wildman–Crippen LogP) is 4.35. The molecule has 1 aliphatic heterocycles. The Kier molecular flexibility index (Phi) is 4.86. The topological polar surface area (TPSA) is 97.8 Å². The lowest BCUT2D eigenvalue weighted by Gasteiger charge is -2.26. The van der Waals surface area contributed by atoms with E-state index in [1.807, 2.05) is 36.4 Å². The second-order valence-electron chi connectivity index (χ2n) is 7.76. The summed E-state index contributed by atoms with van der Waals surface area (Å²) in [6.45, 7) is 0. The Balaban J connectivity index is 1.25. The molecule has 1 amide bonds. The van der Waals surface area contributed by atoms with Crippen LogP contribution in [0.3, 0.4) is 0 Å². The molecule has 0 saturated heterocycles. The van der Waals surface area contributed by atoms with Crippen molar-refractivity contribution in [3.05, 3.63) is 70.7 Å². The van der Waals surface area contributed by atoms with Gasteiger partial charge in [-0.15, -0.1) is 0 Å². The molecule has 1 atom stereocenters. The number of carboxylic acids is 1. The third-order valence-corrected chi connectivity index (χ3v) is 6.45. The van der Waals surface area contributed by atoms with Gasteiger partial charge < -0.3 is 19.9 Å². The summed E-state index contributed by atoms with van der Waals surface area (Å²) in [4.78, 5) is 28.0. The summed E-state index contributed by atoms with van der Waals surface area (Å²) in [6, 6.07) is 15.8. The van der Waals surface area contributed by atoms with Crippen molar-refractivity contribution in [2.75, 3.05) is 0 Å². The molecular weight excluding hydrogens is 416 g/mol. The molecule has 2 aromatic carbocycles. The Hall–Kier alpha value is -3.39. The molecule has 2 aliphatic rings. The maximum Gasteiger partial charge on any atom is 0.329 e. The summed E-state index contributed by atoms with van der Waals surface area (Å²) in [5.41, 5.74) is 1.10. The smallest absolute Gasteiger partial charge is 0.329 e. The van der Waals surface area contributed by atoms with Crippen LogP contribution in [0.4, 0.5) is 0 Å². The molecular formula is C23H20N2O5S. The highest BCUT2D eigenvalue weighted by molar-refractivity contribution is 7.15. The third-order valence-electron chi connectivity index (χ3n) is 5.57. The quantitative estimate of drug-likeness (QED) is 0.596. The minimum Gasteiger partial charge on any atom is -0.485 e. The van der Waals surface area contributed by atoms with Gasteiger partial charge in [0, 0.05) is 0 Å². The molecule has 0 bridgehead atoms. The lowest BCUT2D eigenvalue weighted by atomic mass is 9.97. The van der Waals surface area contributed by atoms with Gasteiger partial charge in [0.2, 0.25) is 0 Å². The fraction of sp³-hybridized carbons (Fsp3) is 0.261. The molecule has 3 aromatic rings. The molecule has 1 saturated carbocycles. The largest absolute Gasteiger partial charge is 0.485 e. The number of benzene rings is 2. The van der Waals surface area contributed by atoms with Crippen LogP contribution >= 0.6 is 11.3 Å². The second kappa shape index (κ2) is 7.70. The molecule has 5 rings (SSSR count). The van der Waals surface area contributed by atoms with Crippen molar-refractivity contribution in [3.8, 4) is 16.7 Å². The number of aryl methyl sites for hydroxylation is 1. The van der Waals surface area contributed by atoms with Crippen molar-refractivity contribution in [2.24, 2.45) is 0 Å². The van der Waals surface area contributed by atoms with Crippen LogP contribution in [0.15, 0.2) is 54.7 Å². The highest BCUT2D eigenvalue weighted by Crippen LogP contribution is 2.39. The standard InChI is InChI=1S/C23H20N2O5S/c26-20(25-23(10-11-23)21(27)28)19-13-24-22(31-19)29-16-7-9-18-15(12-16)6-8-17(30-18)14-4-2-1-3-5-14/h1-5,7,9,12-13,17H,6,8,10-11H2,(H,25,26)(H,27,28)/t17-/m0/s1. The number of ether oxygens (including phenoxy) is 2. The molecule has 1 aromatic heterocycles. The lowest BCUT2D eigenvalue weighted by Crippen LogP contribution is -2.42. The van der Waals surface area contributed by atoms with Crippen LogP contribution in [0, 0.1) is 0 Å². The van der Waals surface area contributed by atoms with Gasteiger partial charge in [0.25, 0.3) is 11.1 Å². The zero-order valence-electron chi connectivity index (χ0n) is 16.5. The first-order valence-corrected chi connectivity index (χ1v) is 10.9. The molecule has 7 nitrogen and oxygen atoms in total. The molecule has 8 heteroatoms. The van der Waals surface area contributed by atoms with E-state index in [0.717, 1.165) is 41.1 Å². The zero-order chi connectivity index (χ0) is 21.4. The van der Waals surface area contributed by atoms with Gasteiger partial charge in [0.05, 0.1) is 6.20 Å². The Labute approximate surface area is 182 Å². The Morgan fingerprint density at radius 3 is 2.74 bits per heavy atom. The number of carboxylic acid groups (broad SMARTS) is 1. The van der Waals surface area contributed by atoms with Gasteiger partial charge in [-0.25, -0.2) is 9.78 Å². The number of hydrogen-bond donors (Lipinski definition) is 2. The zero-order valence-corrected chi connectivity index (χ0v) is 17.4. The normalized spacial score (nSPS) is 18.4. The highest BCUT2D eigenvalue weighted by atomic mass is 32.1. The number of carbonyl (C=O) groups excluding carboxylic acids is 1. The first-order chi connectivity index (χ1) is 15.0. The number of fused-ring (bicyclic) bond motifs is 1. The SMILES string of the molecule is O=C(NC1(C(=O)O)CC1)c1cnc(Oc2ccc3c(c2)CC[C@@H](c2ccccc2)O3)s1. The number of thiazole rings is 1. The number of aliphatic carboxylic acids is 1. The van der Waals surface area contributed by atoms with E-state index in [4.69, 9.17) is 9.47 Å². The van der Waals surface area contributed by atoms with E-state index in [1.54, 1.807) is 0 Å². The van der Waals surface area contributed by atoms with E-state index >= 15 is 0 Å². The summed E-state index contributed by atoms with van der Waals surface area (Å²) in [7, 11) is 0. The minimum atomic E-state index is -1.13. The number of rotatable bonds is 6. The maximum absolute atomic E-state index is 12.3. The van der Waals surface area contributed by atoms with E-state index in [-0.39, 0.29) is 6.10 Å². The highest BCUT2D eigenvalue weighted by Gasteiger charge is 2.51. The fourth-order valence-corrected chi connectivity index (χ4v) is 4.32. The van der Waals surface area contributed by atoms with Gasteiger partial charge in [-0.1, -0.05) is 41.7 Å². The van der Waals surface area contributed by atoms with Crippen LogP contribution in [-0.2, 0) is 11.2 Å². The van der Waals surface area contributed by atoms with Crippen LogP contribution in [0.2, 0.25) is 0 Å². The summed E-state index contributed by atoms with van der Waals surface area (Å²) in [5, 5.41) is 12.1. The number of aromatic nitrogens is 1. The Morgan fingerprint density at radius 1 is 1.19 bits per heavy atom. The van der Waals surface area contributed by atoms with Crippen LogP contribution < -0.4 is 14.8 Å². The van der Waals surface area contributed by atoms with Crippen molar-refractivity contribution in [1.29, 1.82) is 0 Å². The first kappa shape index (κ1) is 19.6. The first-order valence-electron chi connectivity index (χ1n) is 10.1. The molecule has 1 fully saturated rings. The van der Waals surface area contributed by atoms with Crippen molar-refractivity contribution >= 4 is 23.2 Å². The van der Waals surface area contributed by atoms with E-state index in [1.165, 1.54) is 6.20 Å². The van der Waals surface area contributed by atoms with Crippen molar-refractivity contribution < 1.29 is 24.2 Å². The van der Waals surface area contributed by atoms with Gasteiger partial charge in [-0.05, 0) is 55.0 Å². The van der Waals surface area contributed by atoms with E-state index in [2.05, 4.69) is 22.4 Å². The molecule has 1 aliphatic carbocycles. The number of hydrogen-bond acceptors (Lipinski definition) is 6. The molecule has 2 N–H and O–H groups in total. The van der Waals surface area contributed by atoms with Gasteiger partial charge in [-0.2, -0.15) is 0 Å². The summed E-state index contributed by atoms with van der Waals surface area (Å²) in [5.74, 6) is 0.00624. The summed E-state index contributed by atoms with van der Waals surface area (Å²) >= 11 is 1.08. The van der Waals surface area contributed by atoms with E-state index in [9.17, 15) is 14.7 Å². The lowest BCUT2D eigenvalue weighted by molar-refractivity contribution is -0.140. The Morgan fingerprint density at radius 2 is 2.00 bits per heavy atom. The molecule has 158 valence electrons. The second-order valence-corrected chi connectivity index (χ2v) is 8.75. The average Bonchev–Trinajstić information content (AvgIpc) is 3.43. The predicted molar refractivity (Wildman–Crippen MR) is 114 cm³/mol. The van der Waals surface area contributed by atoms with Gasteiger partial charge >= 0.3 is 5.97 Å². The monoisotopic (exact) mass is 436 g/mol. The van der Waals surface area contributed by atoms with Crippen LogP contribution in [0.1, 0.15) is 46.2 Å². The number of amides is 1. The average molecular weight is 436 g/mol. The van der Waals surface area contributed by atoms with Crippen molar-refractivity contribution in [1.82, 2.24) is 10.3 Å². The molecule has 2 heterocycles. The molecule has 0 radical (unpaired) electrons. The third kappa shape index (κ3) is 3.98. The summed E-state index contributed by atoms with van der Waals surface area (Å²) in [6.07, 6.45) is 4.08. The van der Waals surface area contributed by atoms with Gasteiger partial charge in [-0.3, -0.25) is 4.79 Å². The number of nitrogens with zero attached hydrogens (tertiary/aromatic N) is 1. The van der Waals surface area contributed by atoms with Crippen LogP contribution in [0.25, 0.3) is 0 Å². The number of nitrogens with one attached hydrogen (secondary N) is 1. The molecule has 0 unspecified atom stereocenters. The number of carbonyl (C=O) groups is 2. The molecule has 0 spiro atoms. The molecule has 31 heavy (non-hydrogen) atoms. The van der Waals surface area contributed by atoms with E-state index < -0.39 is 17.4 Å². The Bertz CT molecular complexity index is 1140. The van der Waals surface area contributed by atoms with E-state index in [0.29, 0.717) is 28.7 Å². The summed E-state index contributed by atoms with van der Waals surface area (Å²) < 4.78 is 12.0. The fourth-order valence-electron chi connectivity index (χ4n) is 3.64. The van der Waals surface area contributed by atoms with Gasteiger partial charge in [0.1, 0.15) is 28.0 Å². The maximum atomic E-state index is 12.3. The van der Waals surface area contributed by atoms with Crippen LogP contribution in [-0.4, -0.2) is 27.5 Å². The van der Waals surface area contributed by atoms with Crippen LogP contribution in [0.5, 0.6) is 16.7 Å². The van der Waals surface area contributed by atoms with Gasteiger partial charge in [0.15, 0.2) is 0 Å².